The number of methoxy groups -OCH3 is 1. The lowest BCUT2D eigenvalue weighted by atomic mass is 9.73. The van der Waals surface area contributed by atoms with Crippen LogP contribution < -0.4 is 10.2 Å². The molecule has 0 radical (unpaired) electrons. The van der Waals surface area contributed by atoms with Gasteiger partial charge in [-0.2, -0.15) is 0 Å². The van der Waals surface area contributed by atoms with Crippen molar-refractivity contribution in [3.63, 3.8) is 0 Å². The predicted octanol–water partition coefficient (Wildman–Crippen LogP) is 4.58. The largest absolute Gasteiger partial charge is 0.497 e. The van der Waals surface area contributed by atoms with Gasteiger partial charge in [0, 0.05) is 35.8 Å². The number of aromatic nitrogens is 1. The van der Waals surface area contributed by atoms with Crippen LogP contribution in [0, 0.1) is 34.7 Å². The average Bonchev–Trinajstić information content (AvgIpc) is 2.97. The van der Waals surface area contributed by atoms with E-state index in [9.17, 15) is 32.7 Å². The summed E-state index contributed by atoms with van der Waals surface area (Å²) in [6.45, 7) is 0.262. The monoisotopic (exact) mass is 559 g/mol. The Kier molecular flexibility index (Phi) is 9.25. The molecular formula is C29H29F4N3O4. The zero-order valence-electron chi connectivity index (χ0n) is 21.8. The molecule has 212 valence electrons. The third kappa shape index (κ3) is 6.20. The van der Waals surface area contributed by atoms with Crippen LogP contribution in [0.15, 0.2) is 36.5 Å². The van der Waals surface area contributed by atoms with E-state index in [4.69, 9.17) is 4.74 Å². The minimum atomic E-state index is -1.55. The Balaban J connectivity index is 1.46. The van der Waals surface area contributed by atoms with Gasteiger partial charge in [-0.25, -0.2) is 23.0 Å². The van der Waals surface area contributed by atoms with E-state index in [0.29, 0.717) is 48.1 Å². The molecule has 0 spiro atoms. The van der Waals surface area contributed by atoms with E-state index in [1.807, 2.05) is 4.90 Å². The highest BCUT2D eigenvalue weighted by atomic mass is 19.2. The number of likely N-dealkylation sites (tertiary alicyclic amines) is 1. The van der Waals surface area contributed by atoms with Gasteiger partial charge in [-0.1, -0.05) is 11.8 Å². The van der Waals surface area contributed by atoms with Crippen molar-refractivity contribution in [1.82, 2.24) is 15.4 Å². The molecule has 1 unspecified atom stereocenters. The number of hydrogen-bond acceptors (Lipinski definition) is 6. The number of halogens is 4. The third-order valence-corrected chi connectivity index (χ3v) is 7.49. The van der Waals surface area contributed by atoms with Gasteiger partial charge >= 0.3 is 0 Å². The summed E-state index contributed by atoms with van der Waals surface area (Å²) in [5, 5.41) is 21.2. The number of amides is 1. The van der Waals surface area contributed by atoms with Crippen molar-refractivity contribution in [3.05, 3.63) is 70.7 Å². The van der Waals surface area contributed by atoms with E-state index in [1.165, 1.54) is 13.3 Å². The Morgan fingerprint density at radius 3 is 2.52 bits per heavy atom. The summed E-state index contributed by atoms with van der Waals surface area (Å²) in [4.78, 5) is 19.0. The van der Waals surface area contributed by atoms with E-state index in [2.05, 4.69) is 16.8 Å². The molecule has 1 fully saturated rings. The smallest absolute Gasteiger partial charge is 0.249 e. The summed E-state index contributed by atoms with van der Waals surface area (Å²) in [6, 6.07) is 6.76. The number of benzene rings is 2. The van der Waals surface area contributed by atoms with Crippen LogP contribution in [0.4, 0.5) is 17.6 Å². The third-order valence-electron chi connectivity index (χ3n) is 7.49. The molecule has 2 heterocycles. The molecule has 11 heteroatoms. The van der Waals surface area contributed by atoms with E-state index in [1.54, 1.807) is 23.7 Å². The van der Waals surface area contributed by atoms with Crippen molar-refractivity contribution in [2.75, 3.05) is 26.7 Å². The maximum Gasteiger partial charge on any atom is 0.249 e. The number of nitrogens with one attached hydrogen (secondary N) is 1. The van der Waals surface area contributed by atoms with E-state index >= 15 is 0 Å². The number of pyridine rings is 1. The van der Waals surface area contributed by atoms with E-state index in [0.717, 1.165) is 12.1 Å². The van der Waals surface area contributed by atoms with Gasteiger partial charge in [0.2, 0.25) is 5.91 Å². The van der Waals surface area contributed by atoms with Crippen molar-refractivity contribution in [1.29, 1.82) is 0 Å². The number of carbonyl (C=O) groups excluding carboxylic acids is 1. The van der Waals surface area contributed by atoms with Crippen LogP contribution >= 0.6 is 0 Å². The summed E-state index contributed by atoms with van der Waals surface area (Å²) in [6.07, 6.45) is 1.30. The summed E-state index contributed by atoms with van der Waals surface area (Å²) in [5.41, 5.74) is 1.95. The Morgan fingerprint density at radius 2 is 1.90 bits per heavy atom. The Bertz CT molecular complexity index is 1420. The maximum absolute atomic E-state index is 13.9. The predicted molar refractivity (Wildman–Crippen MR) is 139 cm³/mol. The molecule has 3 aromatic rings. The number of hydroxylamine groups is 1. The molecule has 0 saturated carbocycles. The lowest BCUT2D eigenvalue weighted by Crippen LogP contribution is -2.48. The number of rotatable bonds is 8. The minimum Gasteiger partial charge on any atom is -0.497 e. The molecule has 1 amide bonds. The molecule has 40 heavy (non-hydrogen) atoms. The number of aliphatic hydroxyl groups excluding tert-OH is 1. The van der Waals surface area contributed by atoms with Crippen molar-refractivity contribution >= 4 is 16.8 Å². The second-order valence-electron chi connectivity index (χ2n) is 9.82. The van der Waals surface area contributed by atoms with Gasteiger partial charge in [-0.15, -0.1) is 0 Å². The zero-order valence-corrected chi connectivity index (χ0v) is 21.8. The first kappa shape index (κ1) is 29.3. The summed E-state index contributed by atoms with van der Waals surface area (Å²) in [5.74, 6) is 1.18. The van der Waals surface area contributed by atoms with Crippen LogP contribution in [0.5, 0.6) is 5.75 Å². The zero-order chi connectivity index (χ0) is 28.9. The number of fused-ring (bicyclic) bond motifs is 1. The quantitative estimate of drug-likeness (QED) is 0.123. The number of aliphatic hydroxyl groups is 1. The molecule has 1 aliphatic heterocycles. The van der Waals surface area contributed by atoms with Crippen LogP contribution in [-0.2, 0) is 11.5 Å². The number of carbonyl (C=O) groups is 1. The summed E-state index contributed by atoms with van der Waals surface area (Å²) >= 11 is 0. The molecule has 0 aliphatic carbocycles. The normalized spacial score (nSPS) is 15.8. The minimum absolute atomic E-state index is 0.00491. The SMILES string of the molecule is COc1ccc2ncc(CF)c(C(O)CCC3(C(=O)NO)CCN(CC#Cc4cc(F)c(F)c(F)c4)CC3)c2c1. The number of nitrogens with zero attached hydrogens (tertiary/aromatic N) is 2. The maximum atomic E-state index is 13.9. The molecule has 3 N–H and O–H groups in total. The van der Waals surface area contributed by atoms with Crippen LogP contribution in [-0.4, -0.2) is 52.8 Å². The second kappa shape index (κ2) is 12.6. The summed E-state index contributed by atoms with van der Waals surface area (Å²) < 4.78 is 59.1. The Morgan fingerprint density at radius 1 is 1.20 bits per heavy atom. The average molecular weight is 560 g/mol. The molecule has 1 atom stereocenters. The highest BCUT2D eigenvalue weighted by Gasteiger charge is 2.41. The van der Waals surface area contributed by atoms with Crippen LogP contribution in [0.3, 0.4) is 0 Å². The number of hydrogen-bond donors (Lipinski definition) is 3. The molecular weight excluding hydrogens is 530 g/mol. The van der Waals surface area contributed by atoms with Gasteiger partial charge in [-0.3, -0.25) is 19.9 Å². The lowest BCUT2D eigenvalue weighted by Gasteiger charge is -2.40. The standard InChI is InChI=1S/C29H29F4N3O4/c1-40-20-4-5-24-21(15-20)26(19(16-30)17-34-24)25(37)6-7-29(28(38)35-39)8-11-36(12-9-29)10-2-3-18-13-22(31)27(33)23(32)14-18/h4-5,13-15,17,25,37,39H,6-12,16H2,1H3,(H,35,38). The first-order valence-electron chi connectivity index (χ1n) is 12.7. The van der Waals surface area contributed by atoms with Gasteiger partial charge in [-0.05, 0) is 61.6 Å². The van der Waals surface area contributed by atoms with Crippen molar-refractivity contribution in [3.8, 4) is 17.6 Å². The van der Waals surface area contributed by atoms with Crippen molar-refractivity contribution < 1.29 is 37.4 Å². The number of piperidine rings is 1. The molecule has 2 aromatic carbocycles. The number of alkyl halides is 1. The molecule has 1 saturated heterocycles. The van der Waals surface area contributed by atoms with Crippen LogP contribution in [0.2, 0.25) is 0 Å². The fourth-order valence-electron chi connectivity index (χ4n) is 5.15. The highest BCUT2D eigenvalue weighted by Crippen LogP contribution is 2.40. The molecule has 1 aliphatic rings. The first-order chi connectivity index (χ1) is 19.2. The second-order valence-corrected chi connectivity index (χ2v) is 9.82. The molecule has 0 bridgehead atoms. The van der Waals surface area contributed by atoms with E-state index in [-0.39, 0.29) is 30.5 Å². The van der Waals surface area contributed by atoms with Gasteiger partial charge in [0.1, 0.15) is 12.4 Å². The van der Waals surface area contributed by atoms with Crippen LogP contribution in [0.1, 0.15) is 48.5 Å². The fourth-order valence-corrected chi connectivity index (χ4v) is 5.15. The van der Waals surface area contributed by atoms with E-state index < -0.39 is 41.6 Å². The van der Waals surface area contributed by atoms with Crippen LogP contribution in [0.25, 0.3) is 10.9 Å². The molecule has 1 aromatic heterocycles. The molecule has 4 rings (SSSR count). The van der Waals surface area contributed by atoms with Gasteiger partial charge in [0.25, 0.3) is 0 Å². The van der Waals surface area contributed by atoms with Crippen molar-refractivity contribution in [2.24, 2.45) is 5.41 Å². The number of ether oxygens (including phenoxy) is 1. The Hall–Kier alpha value is -3.72. The van der Waals surface area contributed by atoms with Gasteiger partial charge < -0.3 is 9.84 Å². The van der Waals surface area contributed by atoms with Crippen molar-refractivity contribution in [2.45, 2.75) is 38.5 Å². The first-order valence-corrected chi connectivity index (χ1v) is 12.7. The topological polar surface area (TPSA) is 94.9 Å². The molecule has 7 nitrogen and oxygen atoms in total. The summed E-state index contributed by atoms with van der Waals surface area (Å²) in [7, 11) is 1.50. The van der Waals surface area contributed by atoms with Gasteiger partial charge in [0.15, 0.2) is 17.5 Å². The Labute approximate surface area is 228 Å². The lowest BCUT2D eigenvalue weighted by molar-refractivity contribution is -0.143. The highest BCUT2D eigenvalue weighted by molar-refractivity contribution is 5.85. The fraction of sp³-hybridized carbons (Fsp3) is 0.379. The van der Waals surface area contributed by atoms with Gasteiger partial charge in [0.05, 0.1) is 30.7 Å².